The van der Waals surface area contributed by atoms with Crippen LogP contribution in [-0.4, -0.2) is 18.8 Å². The van der Waals surface area contributed by atoms with Crippen molar-refractivity contribution in [2.75, 3.05) is 12.0 Å². The van der Waals surface area contributed by atoms with Crippen molar-refractivity contribution in [1.82, 2.24) is 0 Å². The average Bonchev–Trinajstić information content (AvgIpc) is 3.18. The highest BCUT2D eigenvalue weighted by atomic mass is 16.5. The van der Waals surface area contributed by atoms with Gasteiger partial charge in [0.2, 0.25) is 5.91 Å². The van der Waals surface area contributed by atoms with Gasteiger partial charge in [0.1, 0.15) is 12.4 Å². The number of anilines is 2. The predicted molar refractivity (Wildman–Crippen MR) is 154 cm³/mol. The van der Waals surface area contributed by atoms with E-state index in [2.05, 4.69) is 0 Å². The van der Waals surface area contributed by atoms with E-state index >= 15 is 0 Å². The Morgan fingerprint density at radius 1 is 0.846 bits per heavy atom. The summed E-state index contributed by atoms with van der Waals surface area (Å²) in [5.41, 5.74) is 3.08. The van der Waals surface area contributed by atoms with Crippen LogP contribution >= 0.6 is 0 Å². The van der Waals surface area contributed by atoms with E-state index in [-0.39, 0.29) is 18.1 Å². The molecule has 1 aliphatic rings. The number of ether oxygens (including phenoxy) is 2. The Balaban J connectivity index is 1.54. The second kappa shape index (κ2) is 10.5. The van der Waals surface area contributed by atoms with Crippen LogP contribution in [0.2, 0.25) is 0 Å². The molecule has 1 atom stereocenters. The molecule has 1 amide bonds. The SMILES string of the molecule is COC(C)(C)c1cc(OCc2ccccc2)ccc1N1C(=O)C(C)(CC(=O)c2ccccc2)c2ccccc21. The first-order valence-corrected chi connectivity index (χ1v) is 13.1. The van der Waals surface area contributed by atoms with Crippen molar-refractivity contribution >= 4 is 23.1 Å². The number of fused-ring (bicyclic) bond motifs is 1. The van der Waals surface area contributed by atoms with E-state index in [0.717, 1.165) is 22.4 Å². The molecule has 5 rings (SSSR count). The van der Waals surface area contributed by atoms with E-state index in [0.29, 0.717) is 23.6 Å². The Hall–Kier alpha value is -4.22. The lowest BCUT2D eigenvalue weighted by Crippen LogP contribution is -2.38. The van der Waals surface area contributed by atoms with Crippen LogP contribution in [0.15, 0.2) is 103 Å². The fraction of sp³-hybridized carbons (Fsp3) is 0.235. The van der Waals surface area contributed by atoms with E-state index < -0.39 is 11.0 Å². The highest BCUT2D eigenvalue weighted by molar-refractivity contribution is 6.15. The molecular formula is C34H33NO4. The highest BCUT2D eigenvalue weighted by Gasteiger charge is 2.50. The van der Waals surface area contributed by atoms with Crippen molar-refractivity contribution in [1.29, 1.82) is 0 Å². The summed E-state index contributed by atoms with van der Waals surface area (Å²) in [6.45, 7) is 6.24. The molecule has 4 aromatic rings. The molecule has 0 bridgehead atoms. The predicted octanol–water partition coefficient (Wildman–Crippen LogP) is 7.36. The van der Waals surface area contributed by atoms with Crippen molar-refractivity contribution in [3.63, 3.8) is 0 Å². The first kappa shape index (κ1) is 26.4. The van der Waals surface area contributed by atoms with E-state index in [4.69, 9.17) is 9.47 Å². The summed E-state index contributed by atoms with van der Waals surface area (Å²) in [6.07, 6.45) is 0.0740. The van der Waals surface area contributed by atoms with Gasteiger partial charge in [-0.05, 0) is 56.2 Å². The molecule has 39 heavy (non-hydrogen) atoms. The van der Waals surface area contributed by atoms with Crippen LogP contribution in [0, 0.1) is 0 Å². The van der Waals surface area contributed by atoms with Crippen LogP contribution < -0.4 is 9.64 Å². The molecule has 4 aromatic carbocycles. The molecule has 0 aromatic heterocycles. The molecule has 1 unspecified atom stereocenters. The van der Waals surface area contributed by atoms with Gasteiger partial charge in [-0.25, -0.2) is 0 Å². The fourth-order valence-electron chi connectivity index (χ4n) is 5.20. The molecule has 1 heterocycles. The van der Waals surface area contributed by atoms with Gasteiger partial charge in [-0.3, -0.25) is 14.5 Å². The monoisotopic (exact) mass is 519 g/mol. The molecule has 0 saturated heterocycles. The summed E-state index contributed by atoms with van der Waals surface area (Å²) in [6, 6.07) is 32.6. The van der Waals surface area contributed by atoms with E-state index in [1.807, 2.05) is 112 Å². The second-order valence-electron chi connectivity index (χ2n) is 10.6. The van der Waals surface area contributed by atoms with Gasteiger partial charge in [-0.2, -0.15) is 0 Å². The van der Waals surface area contributed by atoms with Crippen LogP contribution in [0.1, 0.15) is 54.2 Å². The van der Waals surface area contributed by atoms with Crippen LogP contribution in [0.4, 0.5) is 11.4 Å². The smallest absolute Gasteiger partial charge is 0.242 e. The maximum Gasteiger partial charge on any atom is 0.242 e. The molecule has 1 aliphatic heterocycles. The van der Waals surface area contributed by atoms with Gasteiger partial charge in [0, 0.05) is 24.7 Å². The maximum absolute atomic E-state index is 14.3. The lowest BCUT2D eigenvalue weighted by atomic mass is 9.78. The van der Waals surface area contributed by atoms with Gasteiger partial charge in [-0.15, -0.1) is 0 Å². The summed E-state index contributed by atoms with van der Waals surface area (Å²) in [5, 5.41) is 0. The Bertz CT molecular complexity index is 1500. The summed E-state index contributed by atoms with van der Waals surface area (Å²) in [5.74, 6) is 0.481. The van der Waals surface area contributed by atoms with Crippen molar-refractivity contribution in [3.8, 4) is 5.75 Å². The number of benzene rings is 4. The summed E-state index contributed by atoms with van der Waals surface area (Å²) < 4.78 is 12.0. The number of methoxy groups -OCH3 is 1. The second-order valence-corrected chi connectivity index (χ2v) is 10.6. The largest absolute Gasteiger partial charge is 0.489 e. The Labute approximate surface area is 230 Å². The average molecular weight is 520 g/mol. The van der Waals surface area contributed by atoms with Crippen molar-refractivity contribution < 1.29 is 19.1 Å². The van der Waals surface area contributed by atoms with E-state index in [1.54, 1.807) is 24.1 Å². The minimum atomic E-state index is -1.01. The Morgan fingerprint density at radius 3 is 2.18 bits per heavy atom. The van der Waals surface area contributed by atoms with E-state index in [1.165, 1.54) is 0 Å². The number of carbonyl (C=O) groups excluding carboxylic acids is 2. The highest BCUT2D eigenvalue weighted by Crippen LogP contribution is 2.50. The molecule has 0 radical (unpaired) electrons. The fourth-order valence-corrected chi connectivity index (χ4v) is 5.20. The van der Waals surface area contributed by atoms with Gasteiger partial charge in [0.15, 0.2) is 5.78 Å². The lowest BCUT2D eigenvalue weighted by Gasteiger charge is -2.31. The molecule has 0 aliphatic carbocycles. The third-order valence-electron chi connectivity index (χ3n) is 7.64. The minimum Gasteiger partial charge on any atom is -0.489 e. The number of Topliss-reactive ketones (excluding diaryl/α,β-unsaturated/α-hetero) is 1. The Kier molecular flexibility index (Phi) is 7.11. The third kappa shape index (κ3) is 4.98. The number of amides is 1. The zero-order valence-electron chi connectivity index (χ0n) is 22.8. The van der Waals surface area contributed by atoms with Crippen molar-refractivity contribution in [2.45, 2.75) is 44.8 Å². The van der Waals surface area contributed by atoms with Gasteiger partial charge >= 0.3 is 0 Å². The van der Waals surface area contributed by atoms with Crippen LogP contribution in [-0.2, 0) is 27.2 Å². The number of rotatable bonds is 9. The van der Waals surface area contributed by atoms with E-state index in [9.17, 15) is 9.59 Å². The van der Waals surface area contributed by atoms with Crippen LogP contribution in [0.3, 0.4) is 0 Å². The molecule has 0 saturated carbocycles. The lowest BCUT2D eigenvalue weighted by molar-refractivity contribution is -0.121. The van der Waals surface area contributed by atoms with Crippen LogP contribution in [0.5, 0.6) is 5.75 Å². The van der Waals surface area contributed by atoms with Gasteiger partial charge < -0.3 is 9.47 Å². The number of para-hydroxylation sites is 1. The normalized spacial score (nSPS) is 16.7. The topological polar surface area (TPSA) is 55.8 Å². The molecule has 0 spiro atoms. The maximum atomic E-state index is 14.3. The molecule has 5 nitrogen and oxygen atoms in total. The molecule has 0 N–H and O–H groups in total. The van der Waals surface area contributed by atoms with Crippen molar-refractivity contribution in [2.24, 2.45) is 0 Å². The minimum absolute atomic E-state index is 0.0646. The van der Waals surface area contributed by atoms with Crippen molar-refractivity contribution in [3.05, 3.63) is 125 Å². The first-order chi connectivity index (χ1) is 18.7. The number of carbonyl (C=O) groups is 2. The quantitative estimate of drug-likeness (QED) is 0.217. The van der Waals surface area contributed by atoms with Gasteiger partial charge in [0.25, 0.3) is 0 Å². The zero-order valence-corrected chi connectivity index (χ0v) is 22.8. The number of hydrogen-bond acceptors (Lipinski definition) is 4. The van der Waals surface area contributed by atoms with Crippen LogP contribution in [0.25, 0.3) is 0 Å². The zero-order chi connectivity index (χ0) is 27.6. The van der Waals surface area contributed by atoms with Gasteiger partial charge in [0.05, 0.1) is 22.4 Å². The standard InChI is InChI=1S/C34H33NO4/c1-33(2,38-4)28-21-26(39-23-24-13-7-5-8-14-24)19-20-30(28)35-29-18-12-11-17-27(29)34(3,32(35)37)22-31(36)25-15-9-6-10-16-25/h5-21H,22-23H2,1-4H3. The molecule has 5 heteroatoms. The summed E-state index contributed by atoms with van der Waals surface area (Å²) in [4.78, 5) is 29.4. The molecular weight excluding hydrogens is 486 g/mol. The first-order valence-electron chi connectivity index (χ1n) is 13.1. The number of hydrogen-bond donors (Lipinski definition) is 0. The summed E-state index contributed by atoms with van der Waals surface area (Å²) in [7, 11) is 1.66. The summed E-state index contributed by atoms with van der Waals surface area (Å²) >= 11 is 0. The number of nitrogens with zero attached hydrogens (tertiary/aromatic N) is 1. The number of ketones is 1. The third-order valence-corrected chi connectivity index (χ3v) is 7.64. The van der Waals surface area contributed by atoms with Gasteiger partial charge in [-0.1, -0.05) is 78.9 Å². The molecule has 198 valence electrons. The molecule has 0 fully saturated rings. The Morgan fingerprint density at radius 2 is 1.49 bits per heavy atom.